The molecule has 0 bridgehead atoms. The number of methoxy groups -OCH3 is 1. The van der Waals surface area contributed by atoms with Gasteiger partial charge in [-0.1, -0.05) is 25.1 Å². The van der Waals surface area contributed by atoms with Crippen LogP contribution < -0.4 is 10.6 Å². The van der Waals surface area contributed by atoms with E-state index in [1.165, 1.54) is 12.1 Å². The monoisotopic (exact) mass is 284 g/mol. The number of carbonyl (C=O) groups is 1. The molecule has 0 aliphatic carbocycles. The molecule has 0 radical (unpaired) electrons. The van der Waals surface area contributed by atoms with Gasteiger partial charge in [0.05, 0.1) is 18.8 Å². The molecular weight excluding hydrogens is 263 g/mol. The van der Waals surface area contributed by atoms with Gasteiger partial charge in [-0.2, -0.15) is 0 Å². The van der Waals surface area contributed by atoms with Gasteiger partial charge < -0.3 is 20.5 Å². The minimum Gasteiger partial charge on any atom is -0.386 e. The maximum atomic E-state index is 13.4. The minimum absolute atomic E-state index is 0.0593. The van der Waals surface area contributed by atoms with E-state index in [4.69, 9.17) is 4.74 Å². The van der Waals surface area contributed by atoms with E-state index in [1.54, 1.807) is 19.2 Å². The van der Waals surface area contributed by atoms with Crippen LogP contribution in [0.25, 0.3) is 0 Å². The van der Waals surface area contributed by atoms with Crippen molar-refractivity contribution in [2.24, 2.45) is 0 Å². The summed E-state index contributed by atoms with van der Waals surface area (Å²) in [6.45, 7) is 2.29. The van der Waals surface area contributed by atoms with E-state index in [9.17, 15) is 14.3 Å². The summed E-state index contributed by atoms with van der Waals surface area (Å²) in [6, 6.07) is 5.43. The Hall–Kier alpha value is -1.66. The molecule has 1 aromatic carbocycles. The van der Waals surface area contributed by atoms with Gasteiger partial charge in [0.15, 0.2) is 0 Å². The molecule has 0 aliphatic heterocycles. The van der Waals surface area contributed by atoms with Crippen LogP contribution >= 0.6 is 0 Å². The van der Waals surface area contributed by atoms with Crippen molar-refractivity contribution >= 4 is 6.03 Å². The lowest BCUT2D eigenvalue weighted by atomic mass is 10.1. The van der Waals surface area contributed by atoms with E-state index >= 15 is 0 Å². The van der Waals surface area contributed by atoms with E-state index in [1.807, 2.05) is 6.92 Å². The number of carbonyl (C=O) groups excluding carboxylic acids is 1. The van der Waals surface area contributed by atoms with Crippen LogP contribution in [-0.2, 0) is 4.74 Å². The van der Waals surface area contributed by atoms with Crippen LogP contribution in [0.1, 0.15) is 25.0 Å². The number of benzene rings is 1. The highest BCUT2D eigenvalue weighted by Crippen LogP contribution is 2.15. The first-order valence-corrected chi connectivity index (χ1v) is 6.54. The molecule has 2 atom stereocenters. The highest BCUT2D eigenvalue weighted by atomic mass is 19.1. The molecule has 5 nitrogen and oxygen atoms in total. The third-order valence-corrected chi connectivity index (χ3v) is 2.92. The number of nitrogens with one attached hydrogen (secondary N) is 2. The van der Waals surface area contributed by atoms with Crippen LogP contribution in [0.2, 0.25) is 0 Å². The van der Waals surface area contributed by atoms with Crippen LogP contribution in [0.5, 0.6) is 0 Å². The predicted molar refractivity (Wildman–Crippen MR) is 73.8 cm³/mol. The van der Waals surface area contributed by atoms with Gasteiger partial charge in [-0.3, -0.25) is 0 Å². The summed E-state index contributed by atoms with van der Waals surface area (Å²) in [6.07, 6.45) is -0.346. The van der Waals surface area contributed by atoms with Crippen LogP contribution in [-0.4, -0.2) is 37.4 Å². The number of urea groups is 1. The molecule has 0 spiro atoms. The average Bonchev–Trinajstić information content (AvgIpc) is 2.44. The van der Waals surface area contributed by atoms with Crippen molar-refractivity contribution in [3.8, 4) is 0 Å². The second-order valence-corrected chi connectivity index (χ2v) is 4.45. The molecule has 1 rings (SSSR count). The Morgan fingerprint density at radius 1 is 1.45 bits per heavy atom. The van der Waals surface area contributed by atoms with Gasteiger partial charge in [0, 0.05) is 19.2 Å². The fourth-order valence-electron chi connectivity index (χ4n) is 1.74. The Labute approximate surface area is 118 Å². The Morgan fingerprint density at radius 2 is 2.15 bits per heavy atom. The van der Waals surface area contributed by atoms with Crippen molar-refractivity contribution in [2.45, 2.75) is 25.5 Å². The van der Waals surface area contributed by atoms with Gasteiger partial charge in [0.1, 0.15) is 5.82 Å². The van der Waals surface area contributed by atoms with E-state index in [-0.39, 0.29) is 18.2 Å². The fraction of sp³-hybridized carbons (Fsp3) is 0.500. The lowest BCUT2D eigenvalue weighted by molar-refractivity contribution is 0.156. The SMILES string of the molecule is CCC(COC)NC(=O)NCC(O)c1ccccc1F. The maximum Gasteiger partial charge on any atom is 0.315 e. The number of aliphatic hydroxyl groups excluding tert-OH is 1. The zero-order valence-electron chi connectivity index (χ0n) is 11.7. The summed E-state index contributed by atoms with van der Waals surface area (Å²) in [5.74, 6) is -0.493. The summed E-state index contributed by atoms with van der Waals surface area (Å²) >= 11 is 0. The number of hydrogen-bond acceptors (Lipinski definition) is 3. The molecule has 0 saturated heterocycles. The van der Waals surface area contributed by atoms with Gasteiger partial charge in [0.2, 0.25) is 0 Å². The lowest BCUT2D eigenvalue weighted by Crippen LogP contribution is -2.45. The van der Waals surface area contributed by atoms with Crippen molar-refractivity contribution in [3.63, 3.8) is 0 Å². The Morgan fingerprint density at radius 3 is 2.75 bits per heavy atom. The second kappa shape index (κ2) is 8.50. The first-order chi connectivity index (χ1) is 9.58. The van der Waals surface area contributed by atoms with Crippen molar-refractivity contribution < 1.29 is 19.0 Å². The highest BCUT2D eigenvalue weighted by Gasteiger charge is 2.14. The van der Waals surface area contributed by atoms with Crippen molar-refractivity contribution in [3.05, 3.63) is 35.6 Å². The summed E-state index contributed by atoms with van der Waals surface area (Å²) in [7, 11) is 1.56. The molecule has 0 aliphatic rings. The summed E-state index contributed by atoms with van der Waals surface area (Å²) in [5.41, 5.74) is 0.164. The van der Waals surface area contributed by atoms with Crippen molar-refractivity contribution in [1.82, 2.24) is 10.6 Å². The Kier molecular flexibility index (Phi) is 6.97. The molecule has 112 valence electrons. The van der Waals surface area contributed by atoms with E-state index in [0.29, 0.717) is 6.61 Å². The van der Waals surface area contributed by atoms with E-state index in [0.717, 1.165) is 6.42 Å². The number of halogens is 1. The smallest absolute Gasteiger partial charge is 0.315 e. The Bertz CT molecular complexity index is 429. The Balaban J connectivity index is 2.42. The molecule has 3 N–H and O–H groups in total. The summed E-state index contributed by atoms with van der Waals surface area (Å²) in [5, 5.41) is 15.1. The van der Waals surface area contributed by atoms with Crippen molar-refractivity contribution in [2.75, 3.05) is 20.3 Å². The van der Waals surface area contributed by atoms with Gasteiger partial charge in [-0.05, 0) is 12.5 Å². The quantitative estimate of drug-likeness (QED) is 0.712. The fourth-order valence-corrected chi connectivity index (χ4v) is 1.74. The zero-order chi connectivity index (χ0) is 15.0. The van der Waals surface area contributed by atoms with Crippen molar-refractivity contribution in [1.29, 1.82) is 0 Å². The second-order valence-electron chi connectivity index (χ2n) is 4.45. The zero-order valence-corrected chi connectivity index (χ0v) is 11.7. The number of aliphatic hydroxyl groups is 1. The van der Waals surface area contributed by atoms with Crippen LogP contribution in [0, 0.1) is 5.82 Å². The molecule has 2 unspecified atom stereocenters. The lowest BCUT2D eigenvalue weighted by Gasteiger charge is -2.18. The molecule has 0 heterocycles. The minimum atomic E-state index is -1.08. The maximum absolute atomic E-state index is 13.4. The molecule has 6 heteroatoms. The third kappa shape index (κ3) is 5.14. The van der Waals surface area contributed by atoms with Gasteiger partial charge in [0.25, 0.3) is 0 Å². The number of hydrogen-bond donors (Lipinski definition) is 3. The summed E-state index contributed by atoms with van der Waals surface area (Å²) < 4.78 is 18.4. The molecule has 0 saturated carbocycles. The third-order valence-electron chi connectivity index (χ3n) is 2.92. The van der Waals surface area contributed by atoms with Crippen LogP contribution in [0.15, 0.2) is 24.3 Å². The number of ether oxygens (including phenoxy) is 1. The first-order valence-electron chi connectivity index (χ1n) is 6.54. The summed E-state index contributed by atoms with van der Waals surface area (Å²) in [4.78, 5) is 11.6. The number of amides is 2. The van der Waals surface area contributed by atoms with E-state index < -0.39 is 18.0 Å². The molecule has 0 aromatic heterocycles. The van der Waals surface area contributed by atoms with Gasteiger partial charge >= 0.3 is 6.03 Å². The van der Waals surface area contributed by atoms with Crippen LogP contribution in [0.4, 0.5) is 9.18 Å². The molecule has 1 aromatic rings. The normalized spacial score (nSPS) is 13.6. The standard InChI is InChI=1S/C14H21FN2O3/c1-3-10(9-20-2)17-14(19)16-8-13(18)11-6-4-5-7-12(11)15/h4-7,10,13,18H,3,8-9H2,1-2H3,(H2,16,17,19). The first kappa shape index (κ1) is 16.4. The van der Waals surface area contributed by atoms with Gasteiger partial charge in [-0.25, -0.2) is 9.18 Å². The van der Waals surface area contributed by atoms with Gasteiger partial charge in [-0.15, -0.1) is 0 Å². The van der Waals surface area contributed by atoms with Crippen LogP contribution in [0.3, 0.4) is 0 Å². The predicted octanol–water partition coefficient (Wildman–Crippen LogP) is 1.58. The average molecular weight is 284 g/mol. The number of rotatable bonds is 7. The van der Waals surface area contributed by atoms with E-state index in [2.05, 4.69) is 10.6 Å². The molecule has 0 fully saturated rings. The topological polar surface area (TPSA) is 70.6 Å². The molecular formula is C14H21FN2O3. The molecule has 20 heavy (non-hydrogen) atoms. The molecule has 2 amide bonds. The highest BCUT2D eigenvalue weighted by molar-refractivity contribution is 5.74. The largest absolute Gasteiger partial charge is 0.386 e.